The van der Waals surface area contributed by atoms with E-state index in [-0.39, 0.29) is 10.7 Å². The lowest BCUT2D eigenvalue weighted by Crippen LogP contribution is -2.24. The second kappa shape index (κ2) is 5.90. The van der Waals surface area contributed by atoms with Crippen molar-refractivity contribution in [2.75, 3.05) is 11.4 Å². The molecule has 108 valence electrons. The van der Waals surface area contributed by atoms with Gasteiger partial charge in [-0.05, 0) is 42.8 Å². The van der Waals surface area contributed by atoms with Gasteiger partial charge in [0.1, 0.15) is 11.5 Å². The number of rotatable bonds is 3. The number of alkyl halides is 1. The highest BCUT2D eigenvalue weighted by atomic mass is 79.9. The van der Waals surface area contributed by atoms with Crippen LogP contribution in [0.3, 0.4) is 0 Å². The number of para-hydroxylation sites is 1. The van der Waals surface area contributed by atoms with Crippen molar-refractivity contribution in [2.24, 2.45) is 0 Å². The Labute approximate surface area is 132 Å². The van der Waals surface area contributed by atoms with Crippen LogP contribution in [0.5, 0.6) is 11.5 Å². The predicted molar refractivity (Wildman–Crippen MR) is 87.4 cm³/mol. The van der Waals surface area contributed by atoms with E-state index >= 15 is 0 Å². The third-order valence-electron chi connectivity index (χ3n) is 3.55. The smallest absolute Gasteiger partial charge is 0.228 e. The highest BCUT2D eigenvalue weighted by Gasteiger charge is 2.28. The fourth-order valence-electron chi connectivity index (χ4n) is 2.41. The van der Waals surface area contributed by atoms with Crippen molar-refractivity contribution >= 4 is 27.5 Å². The number of benzene rings is 2. The van der Waals surface area contributed by atoms with Crippen molar-refractivity contribution in [3.63, 3.8) is 0 Å². The van der Waals surface area contributed by atoms with Crippen LogP contribution in [0.15, 0.2) is 48.5 Å². The van der Waals surface area contributed by atoms with E-state index < -0.39 is 0 Å². The van der Waals surface area contributed by atoms with Gasteiger partial charge in [-0.2, -0.15) is 0 Å². The van der Waals surface area contributed by atoms with Crippen molar-refractivity contribution in [2.45, 2.75) is 18.2 Å². The third kappa shape index (κ3) is 3.10. The Morgan fingerprint density at radius 1 is 1.14 bits per heavy atom. The van der Waals surface area contributed by atoms with E-state index in [1.54, 1.807) is 4.90 Å². The van der Waals surface area contributed by atoms with Gasteiger partial charge in [-0.25, -0.2) is 0 Å². The SMILES string of the molecule is Cc1ccccc1Oc1ccc(N2CC(Br)CC2=O)cc1. The molecule has 0 N–H and O–H groups in total. The lowest BCUT2D eigenvalue weighted by molar-refractivity contribution is -0.117. The number of aryl methyl sites for hydroxylation is 1. The Morgan fingerprint density at radius 3 is 2.48 bits per heavy atom. The zero-order valence-corrected chi connectivity index (χ0v) is 13.3. The molecule has 0 radical (unpaired) electrons. The summed E-state index contributed by atoms with van der Waals surface area (Å²) in [5.74, 6) is 1.78. The van der Waals surface area contributed by atoms with Gasteiger partial charge >= 0.3 is 0 Å². The molecular formula is C17H16BrNO2. The molecular weight excluding hydrogens is 330 g/mol. The maximum Gasteiger partial charge on any atom is 0.228 e. The quantitative estimate of drug-likeness (QED) is 0.776. The van der Waals surface area contributed by atoms with E-state index in [4.69, 9.17) is 4.74 Å². The predicted octanol–water partition coefficient (Wildman–Crippen LogP) is 4.29. The zero-order valence-electron chi connectivity index (χ0n) is 11.8. The molecule has 2 aromatic carbocycles. The first-order chi connectivity index (χ1) is 10.1. The van der Waals surface area contributed by atoms with E-state index in [0.29, 0.717) is 6.42 Å². The Hall–Kier alpha value is -1.81. The number of hydrogen-bond acceptors (Lipinski definition) is 2. The van der Waals surface area contributed by atoms with E-state index in [9.17, 15) is 4.79 Å². The molecule has 0 bridgehead atoms. The van der Waals surface area contributed by atoms with Crippen molar-refractivity contribution in [1.82, 2.24) is 0 Å². The minimum atomic E-state index is 0.157. The summed E-state index contributed by atoms with van der Waals surface area (Å²) in [6.07, 6.45) is 0.557. The van der Waals surface area contributed by atoms with E-state index in [0.717, 1.165) is 29.3 Å². The number of carbonyl (C=O) groups is 1. The van der Waals surface area contributed by atoms with Crippen LogP contribution in [0.1, 0.15) is 12.0 Å². The van der Waals surface area contributed by atoms with Gasteiger partial charge in [0.2, 0.25) is 5.91 Å². The molecule has 1 unspecified atom stereocenters. The number of ether oxygens (including phenoxy) is 1. The number of amides is 1. The maximum absolute atomic E-state index is 11.9. The summed E-state index contributed by atoms with van der Waals surface area (Å²) < 4.78 is 5.86. The van der Waals surface area contributed by atoms with E-state index in [1.165, 1.54) is 0 Å². The molecule has 1 aliphatic rings. The summed E-state index contributed by atoms with van der Waals surface area (Å²) in [5.41, 5.74) is 2.01. The van der Waals surface area contributed by atoms with Gasteiger partial charge < -0.3 is 9.64 Å². The molecule has 1 fully saturated rings. The summed E-state index contributed by atoms with van der Waals surface area (Å²) in [6, 6.07) is 15.6. The van der Waals surface area contributed by atoms with Crippen LogP contribution in [0, 0.1) is 6.92 Å². The summed E-state index contributed by atoms with van der Waals surface area (Å²) in [5, 5.41) is 0. The van der Waals surface area contributed by atoms with Crippen molar-refractivity contribution in [3.05, 3.63) is 54.1 Å². The van der Waals surface area contributed by atoms with Crippen molar-refractivity contribution in [3.8, 4) is 11.5 Å². The molecule has 1 aliphatic heterocycles. The number of hydrogen-bond donors (Lipinski definition) is 0. The first kappa shape index (κ1) is 14.1. The normalized spacial score (nSPS) is 18.1. The highest BCUT2D eigenvalue weighted by molar-refractivity contribution is 9.09. The van der Waals surface area contributed by atoms with Crippen LogP contribution in [-0.4, -0.2) is 17.3 Å². The van der Waals surface area contributed by atoms with E-state index in [2.05, 4.69) is 15.9 Å². The summed E-state index contributed by atoms with van der Waals surface area (Å²) >= 11 is 3.50. The minimum absolute atomic E-state index is 0.157. The van der Waals surface area contributed by atoms with Crippen LogP contribution in [0.25, 0.3) is 0 Å². The standard InChI is InChI=1S/C17H16BrNO2/c1-12-4-2-3-5-16(12)21-15-8-6-14(7-9-15)19-11-13(18)10-17(19)20/h2-9,13H,10-11H2,1H3. The van der Waals surface area contributed by atoms with Gasteiger partial charge in [-0.15, -0.1) is 0 Å². The largest absolute Gasteiger partial charge is 0.457 e. The monoisotopic (exact) mass is 345 g/mol. The van der Waals surface area contributed by atoms with Crippen LogP contribution in [-0.2, 0) is 4.79 Å². The highest BCUT2D eigenvalue weighted by Crippen LogP contribution is 2.29. The minimum Gasteiger partial charge on any atom is -0.457 e. The van der Waals surface area contributed by atoms with Gasteiger partial charge in [0, 0.05) is 23.5 Å². The summed E-state index contributed by atoms with van der Waals surface area (Å²) in [4.78, 5) is 13.9. The van der Waals surface area contributed by atoms with Gasteiger partial charge in [-0.1, -0.05) is 34.1 Å². The Bertz CT molecular complexity index is 654. The number of carbonyl (C=O) groups excluding carboxylic acids is 1. The molecule has 1 amide bonds. The second-order valence-electron chi connectivity index (χ2n) is 5.17. The van der Waals surface area contributed by atoms with Crippen LogP contribution in [0.4, 0.5) is 5.69 Å². The molecule has 0 aromatic heterocycles. The third-order valence-corrected chi connectivity index (χ3v) is 4.16. The zero-order chi connectivity index (χ0) is 14.8. The average Bonchev–Trinajstić information content (AvgIpc) is 2.81. The van der Waals surface area contributed by atoms with E-state index in [1.807, 2.05) is 55.5 Å². The topological polar surface area (TPSA) is 29.5 Å². The molecule has 21 heavy (non-hydrogen) atoms. The lowest BCUT2D eigenvalue weighted by Gasteiger charge is -2.16. The number of nitrogens with zero attached hydrogens (tertiary/aromatic N) is 1. The second-order valence-corrected chi connectivity index (χ2v) is 6.46. The molecule has 1 saturated heterocycles. The van der Waals surface area contributed by atoms with Crippen molar-refractivity contribution in [1.29, 1.82) is 0 Å². The fraction of sp³-hybridized carbons (Fsp3) is 0.235. The molecule has 1 heterocycles. The average molecular weight is 346 g/mol. The Kier molecular flexibility index (Phi) is 3.97. The number of anilines is 1. The first-order valence-corrected chi connectivity index (χ1v) is 7.83. The summed E-state index contributed by atoms with van der Waals surface area (Å²) in [6.45, 7) is 2.74. The van der Waals surface area contributed by atoms with Gasteiger partial charge in [0.05, 0.1) is 0 Å². The fourth-order valence-corrected chi connectivity index (χ4v) is 2.97. The van der Waals surface area contributed by atoms with Crippen molar-refractivity contribution < 1.29 is 9.53 Å². The molecule has 3 rings (SSSR count). The van der Waals surface area contributed by atoms with Gasteiger partial charge in [0.15, 0.2) is 0 Å². The Morgan fingerprint density at radius 2 is 1.86 bits per heavy atom. The molecule has 0 spiro atoms. The molecule has 1 atom stereocenters. The molecule has 2 aromatic rings. The Balaban J connectivity index is 1.76. The van der Waals surface area contributed by atoms with Crippen LogP contribution >= 0.6 is 15.9 Å². The van der Waals surface area contributed by atoms with Crippen LogP contribution < -0.4 is 9.64 Å². The molecule has 0 saturated carbocycles. The van der Waals surface area contributed by atoms with Gasteiger partial charge in [-0.3, -0.25) is 4.79 Å². The molecule has 3 nitrogen and oxygen atoms in total. The first-order valence-electron chi connectivity index (χ1n) is 6.91. The van der Waals surface area contributed by atoms with Crippen LogP contribution in [0.2, 0.25) is 0 Å². The molecule has 0 aliphatic carbocycles. The summed E-state index contributed by atoms with van der Waals surface area (Å²) in [7, 11) is 0. The maximum atomic E-state index is 11.9. The van der Waals surface area contributed by atoms with Gasteiger partial charge in [0.25, 0.3) is 0 Å². The number of halogens is 1. The lowest BCUT2D eigenvalue weighted by atomic mass is 10.2. The molecule has 4 heteroatoms.